The van der Waals surface area contributed by atoms with Crippen molar-refractivity contribution in [2.45, 2.75) is 25.9 Å². The van der Waals surface area contributed by atoms with Gasteiger partial charge in [-0.25, -0.2) is 4.39 Å². The Balaban J connectivity index is 2.55. The van der Waals surface area contributed by atoms with Crippen LogP contribution in [-0.4, -0.2) is 6.61 Å². The van der Waals surface area contributed by atoms with Gasteiger partial charge in [-0.15, -0.1) is 0 Å². The molecule has 0 spiro atoms. The van der Waals surface area contributed by atoms with Crippen molar-refractivity contribution in [3.8, 4) is 5.75 Å². The maximum absolute atomic E-state index is 14.0. The van der Waals surface area contributed by atoms with Gasteiger partial charge >= 0.3 is 0 Å². The second kappa shape index (κ2) is 2.72. The average molecular weight is 180 g/mol. The standard InChI is InChI=1S/C11H13FO/c1-8-3-4-10-9(7-8)11(2,12)5-6-13-10/h3-4,7H,5-6H2,1-2H3. The zero-order valence-corrected chi connectivity index (χ0v) is 7.93. The molecule has 0 saturated heterocycles. The second-order valence-corrected chi connectivity index (χ2v) is 3.80. The highest BCUT2D eigenvalue weighted by atomic mass is 19.1. The molecule has 0 saturated carbocycles. The van der Waals surface area contributed by atoms with Gasteiger partial charge in [-0.05, 0) is 26.0 Å². The van der Waals surface area contributed by atoms with Gasteiger partial charge in [-0.1, -0.05) is 11.6 Å². The maximum atomic E-state index is 14.0. The van der Waals surface area contributed by atoms with Crippen LogP contribution >= 0.6 is 0 Å². The molecule has 0 radical (unpaired) electrons. The Labute approximate surface area is 77.5 Å². The lowest BCUT2D eigenvalue weighted by atomic mass is 9.91. The number of fused-ring (bicyclic) bond motifs is 1. The molecule has 0 amide bonds. The third-order valence-corrected chi connectivity index (χ3v) is 2.53. The van der Waals surface area contributed by atoms with Gasteiger partial charge < -0.3 is 4.74 Å². The third-order valence-electron chi connectivity index (χ3n) is 2.53. The van der Waals surface area contributed by atoms with Crippen molar-refractivity contribution in [1.29, 1.82) is 0 Å². The van der Waals surface area contributed by atoms with E-state index in [4.69, 9.17) is 4.74 Å². The Morgan fingerprint density at radius 3 is 3.00 bits per heavy atom. The number of hydrogen-bond acceptors (Lipinski definition) is 1. The van der Waals surface area contributed by atoms with Gasteiger partial charge in [0.2, 0.25) is 0 Å². The highest BCUT2D eigenvalue weighted by Crippen LogP contribution is 2.39. The first kappa shape index (κ1) is 8.54. The lowest BCUT2D eigenvalue weighted by molar-refractivity contribution is 0.110. The molecular weight excluding hydrogens is 167 g/mol. The fourth-order valence-electron chi connectivity index (χ4n) is 1.66. The summed E-state index contributed by atoms with van der Waals surface area (Å²) in [5.74, 6) is 0.696. The Morgan fingerprint density at radius 2 is 2.23 bits per heavy atom. The normalized spacial score (nSPS) is 26.4. The summed E-state index contributed by atoms with van der Waals surface area (Å²) >= 11 is 0. The Morgan fingerprint density at radius 1 is 1.46 bits per heavy atom. The monoisotopic (exact) mass is 180 g/mol. The van der Waals surface area contributed by atoms with E-state index in [9.17, 15) is 4.39 Å². The van der Waals surface area contributed by atoms with Gasteiger partial charge in [0.1, 0.15) is 11.4 Å². The quantitative estimate of drug-likeness (QED) is 0.596. The first-order chi connectivity index (χ1) is 6.09. The van der Waals surface area contributed by atoms with Crippen LogP contribution in [0, 0.1) is 6.92 Å². The lowest BCUT2D eigenvalue weighted by Crippen LogP contribution is -2.25. The van der Waals surface area contributed by atoms with Crippen LogP contribution in [0.5, 0.6) is 5.75 Å². The van der Waals surface area contributed by atoms with E-state index in [1.54, 1.807) is 6.92 Å². The molecule has 1 aliphatic heterocycles. The van der Waals surface area contributed by atoms with Crippen molar-refractivity contribution in [3.05, 3.63) is 29.3 Å². The van der Waals surface area contributed by atoms with Crippen molar-refractivity contribution >= 4 is 0 Å². The highest BCUT2D eigenvalue weighted by Gasteiger charge is 2.32. The molecule has 2 rings (SSSR count). The maximum Gasteiger partial charge on any atom is 0.140 e. The van der Waals surface area contributed by atoms with Crippen molar-refractivity contribution < 1.29 is 9.13 Å². The van der Waals surface area contributed by atoms with Crippen molar-refractivity contribution in [3.63, 3.8) is 0 Å². The topological polar surface area (TPSA) is 9.23 Å². The fourth-order valence-corrected chi connectivity index (χ4v) is 1.66. The molecule has 2 heteroatoms. The number of alkyl halides is 1. The smallest absolute Gasteiger partial charge is 0.140 e. The van der Waals surface area contributed by atoms with Gasteiger partial charge in [0.05, 0.1) is 6.61 Å². The molecule has 0 aromatic heterocycles. The predicted molar refractivity (Wildman–Crippen MR) is 49.8 cm³/mol. The van der Waals surface area contributed by atoms with E-state index in [1.807, 2.05) is 25.1 Å². The van der Waals surface area contributed by atoms with Gasteiger partial charge in [0.25, 0.3) is 0 Å². The molecule has 70 valence electrons. The molecule has 13 heavy (non-hydrogen) atoms. The average Bonchev–Trinajstić information content (AvgIpc) is 2.06. The van der Waals surface area contributed by atoms with Crippen molar-refractivity contribution in [2.24, 2.45) is 0 Å². The molecule has 1 unspecified atom stereocenters. The Hall–Kier alpha value is -1.05. The van der Waals surface area contributed by atoms with Crippen LogP contribution in [-0.2, 0) is 5.67 Å². The summed E-state index contributed by atoms with van der Waals surface area (Å²) in [6, 6.07) is 5.66. The largest absolute Gasteiger partial charge is 0.493 e. The SMILES string of the molecule is Cc1ccc2c(c1)C(C)(F)CCO2. The molecule has 0 N–H and O–H groups in total. The van der Waals surface area contributed by atoms with Gasteiger partial charge in [-0.2, -0.15) is 0 Å². The number of ether oxygens (including phenoxy) is 1. The number of aryl methyl sites for hydroxylation is 1. The lowest BCUT2D eigenvalue weighted by Gasteiger charge is -2.29. The zero-order chi connectivity index (χ0) is 9.47. The summed E-state index contributed by atoms with van der Waals surface area (Å²) < 4.78 is 19.3. The van der Waals surface area contributed by atoms with Crippen LogP contribution in [0.2, 0.25) is 0 Å². The Bertz CT molecular complexity index is 331. The minimum atomic E-state index is -1.22. The summed E-state index contributed by atoms with van der Waals surface area (Å²) in [5, 5.41) is 0. The summed E-state index contributed by atoms with van der Waals surface area (Å²) in [4.78, 5) is 0. The molecule has 1 aliphatic rings. The van der Waals surface area contributed by atoms with Gasteiger partial charge in [-0.3, -0.25) is 0 Å². The van der Waals surface area contributed by atoms with Crippen molar-refractivity contribution in [2.75, 3.05) is 6.61 Å². The molecular formula is C11H13FO. The number of hydrogen-bond donors (Lipinski definition) is 0. The molecule has 0 bridgehead atoms. The highest BCUT2D eigenvalue weighted by molar-refractivity contribution is 5.41. The van der Waals surface area contributed by atoms with E-state index in [-0.39, 0.29) is 0 Å². The van der Waals surface area contributed by atoms with Crippen LogP contribution in [0.15, 0.2) is 18.2 Å². The summed E-state index contributed by atoms with van der Waals surface area (Å²) in [6.07, 6.45) is 0.448. The predicted octanol–water partition coefficient (Wildman–Crippen LogP) is 2.96. The van der Waals surface area contributed by atoms with Gasteiger partial charge in [0.15, 0.2) is 0 Å². The van der Waals surface area contributed by atoms with E-state index in [0.717, 1.165) is 5.56 Å². The minimum Gasteiger partial charge on any atom is -0.493 e. The number of rotatable bonds is 0. The van der Waals surface area contributed by atoms with E-state index in [0.29, 0.717) is 24.3 Å². The van der Waals surface area contributed by atoms with E-state index >= 15 is 0 Å². The van der Waals surface area contributed by atoms with E-state index in [2.05, 4.69) is 0 Å². The first-order valence-corrected chi connectivity index (χ1v) is 4.52. The van der Waals surface area contributed by atoms with Crippen LogP contribution in [0.3, 0.4) is 0 Å². The Kier molecular flexibility index (Phi) is 1.79. The number of halogens is 1. The van der Waals surface area contributed by atoms with Crippen molar-refractivity contribution in [1.82, 2.24) is 0 Å². The molecule has 1 heterocycles. The molecule has 1 nitrogen and oxygen atoms in total. The molecule has 0 aliphatic carbocycles. The van der Waals surface area contributed by atoms with Crippen LogP contribution in [0.4, 0.5) is 4.39 Å². The van der Waals surface area contributed by atoms with Crippen LogP contribution in [0.25, 0.3) is 0 Å². The van der Waals surface area contributed by atoms with Crippen LogP contribution < -0.4 is 4.74 Å². The number of benzene rings is 1. The van der Waals surface area contributed by atoms with Gasteiger partial charge in [0, 0.05) is 12.0 Å². The summed E-state index contributed by atoms with van der Waals surface area (Å²) in [6.45, 7) is 4.06. The zero-order valence-electron chi connectivity index (χ0n) is 7.93. The molecule has 1 aromatic carbocycles. The third kappa shape index (κ3) is 1.41. The summed E-state index contributed by atoms with van der Waals surface area (Å²) in [5.41, 5.74) is 0.548. The molecule has 1 atom stereocenters. The van der Waals surface area contributed by atoms with E-state index < -0.39 is 5.67 Å². The first-order valence-electron chi connectivity index (χ1n) is 4.52. The fraction of sp³-hybridized carbons (Fsp3) is 0.455. The second-order valence-electron chi connectivity index (χ2n) is 3.80. The minimum absolute atomic E-state index is 0.448. The van der Waals surface area contributed by atoms with Crippen LogP contribution in [0.1, 0.15) is 24.5 Å². The summed E-state index contributed by atoms with van der Waals surface area (Å²) in [7, 11) is 0. The van der Waals surface area contributed by atoms with E-state index in [1.165, 1.54) is 0 Å². The molecule has 1 aromatic rings. The molecule has 0 fully saturated rings.